The van der Waals surface area contributed by atoms with Crippen LogP contribution >= 0.6 is 24.0 Å². The molecule has 158 valence electrons. The van der Waals surface area contributed by atoms with E-state index < -0.39 is 0 Å². The van der Waals surface area contributed by atoms with Crippen LogP contribution in [-0.2, 0) is 14.3 Å². The second-order valence-corrected chi connectivity index (χ2v) is 7.98. The van der Waals surface area contributed by atoms with Gasteiger partial charge in [0, 0.05) is 26.2 Å². The summed E-state index contributed by atoms with van der Waals surface area (Å²) in [6, 6.07) is 0. The number of amides is 2. The number of likely N-dealkylation sites (tertiary alicyclic amines) is 1. The molecule has 3 aliphatic rings. The Balaban J connectivity index is 0.00000280. The number of nitrogens with one attached hydrogen (secondary N) is 2. The number of imide groups is 1. The number of hydrogen-bond donors (Lipinski definition) is 2. The molecule has 0 aromatic heterocycles. The Morgan fingerprint density at radius 1 is 1.21 bits per heavy atom. The lowest BCUT2D eigenvalue weighted by Crippen LogP contribution is -2.43. The maximum absolute atomic E-state index is 12.7. The smallest absolute Gasteiger partial charge is 0.233 e. The number of fused-ring (bicyclic) bond motifs is 5. The van der Waals surface area contributed by atoms with Gasteiger partial charge in [-0.05, 0) is 31.1 Å². The Morgan fingerprint density at radius 3 is 2.43 bits per heavy atom. The van der Waals surface area contributed by atoms with Crippen LogP contribution in [0.5, 0.6) is 0 Å². The summed E-state index contributed by atoms with van der Waals surface area (Å²) in [7, 11) is 0. The Hall–Kier alpha value is -1.16. The average molecular weight is 504 g/mol. The predicted octanol–water partition coefficient (Wildman–Crippen LogP) is 1.64. The summed E-state index contributed by atoms with van der Waals surface area (Å²) in [5.41, 5.74) is 0. The van der Waals surface area contributed by atoms with Gasteiger partial charge in [-0.25, -0.2) is 0 Å². The number of carbonyl (C=O) groups is 2. The molecular formula is C20H33IN4O3. The molecule has 1 saturated heterocycles. The molecule has 7 nitrogen and oxygen atoms in total. The van der Waals surface area contributed by atoms with Gasteiger partial charge >= 0.3 is 0 Å². The summed E-state index contributed by atoms with van der Waals surface area (Å²) in [5, 5.41) is 6.39. The summed E-state index contributed by atoms with van der Waals surface area (Å²) in [4.78, 5) is 31.3. The minimum absolute atomic E-state index is 0. The first-order valence-electron chi connectivity index (χ1n) is 10.2. The van der Waals surface area contributed by atoms with Crippen molar-refractivity contribution in [3.05, 3.63) is 12.2 Å². The Labute approximate surface area is 184 Å². The van der Waals surface area contributed by atoms with Crippen molar-refractivity contribution in [2.75, 3.05) is 39.4 Å². The number of rotatable bonds is 9. The molecule has 2 N–H and O–H groups in total. The van der Waals surface area contributed by atoms with E-state index >= 15 is 0 Å². The molecule has 2 aliphatic carbocycles. The van der Waals surface area contributed by atoms with Crippen LogP contribution in [-0.4, -0.2) is 62.1 Å². The number of carbonyl (C=O) groups excluding carboxylic acids is 2. The Bertz CT molecular complexity index is 593. The van der Waals surface area contributed by atoms with Crippen molar-refractivity contribution in [2.24, 2.45) is 34.6 Å². The first kappa shape index (κ1) is 23.1. The van der Waals surface area contributed by atoms with Gasteiger partial charge in [0.05, 0.1) is 25.0 Å². The van der Waals surface area contributed by atoms with Crippen LogP contribution in [0.2, 0.25) is 0 Å². The fourth-order valence-electron chi connectivity index (χ4n) is 4.35. The van der Waals surface area contributed by atoms with E-state index in [1.165, 1.54) is 4.90 Å². The molecule has 3 rings (SSSR count). The van der Waals surface area contributed by atoms with Gasteiger partial charge in [0.2, 0.25) is 11.8 Å². The zero-order chi connectivity index (χ0) is 19.4. The molecule has 0 aromatic rings. The summed E-state index contributed by atoms with van der Waals surface area (Å²) in [6.45, 7) is 9.76. The molecule has 0 aromatic carbocycles. The third-order valence-corrected chi connectivity index (χ3v) is 5.49. The zero-order valence-corrected chi connectivity index (χ0v) is 19.3. The summed E-state index contributed by atoms with van der Waals surface area (Å²) in [6.07, 6.45) is 5.21. The number of halogens is 1. The van der Waals surface area contributed by atoms with Gasteiger partial charge in [0.1, 0.15) is 0 Å². The third-order valence-electron chi connectivity index (χ3n) is 5.49. The molecule has 2 amide bonds. The number of ether oxygens (including phenoxy) is 1. The zero-order valence-electron chi connectivity index (χ0n) is 17.0. The lowest BCUT2D eigenvalue weighted by Gasteiger charge is -2.18. The quantitative estimate of drug-likeness (QED) is 0.125. The van der Waals surface area contributed by atoms with Crippen molar-refractivity contribution < 1.29 is 14.3 Å². The largest absolute Gasteiger partial charge is 0.379 e. The molecule has 8 heteroatoms. The lowest BCUT2D eigenvalue weighted by atomic mass is 9.85. The van der Waals surface area contributed by atoms with E-state index in [0.29, 0.717) is 38.1 Å². The van der Waals surface area contributed by atoms with Crippen LogP contribution in [0.15, 0.2) is 17.1 Å². The van der Waals surface area contributed by atoms with Crippen LogP contribution in [0, 0.1) is 29.6 Å². The van der Waals surface area contributed by atoms with E-state index in [2.05, 4.69) is 41.6 Å². The SMILES string of the molecule is CCNC(=NCCOCC(C)C)NCCN1C(=O)C2C3C=CC(C3)C2C1=O.I. The van der Waals surface area contributed by atoms with E-state index in [-0.39, 0.29) is 59.5 Å². The van der Waals surface area contributed by atoms with Crippen LogP contribution in [0.3, 0.4) is 0 Å². The molecule has 1 saturated carbocycles. The predicted molar refractivity (Wildman–Crippen MR) is 119 cm³/mol. The minimum Gasteiger partial charge on any atom is -0.379 e. The average Bonchev–Trinajstić information content (AvgIpc) is 3.30. The number of aliphatic imine (C=N–C) groups is 1. The number of hydrogen-bond acceptors (Lipinski definition) is 4. The van der Waals surface area contributed by atoms with Crippen molar-refractivity contribution in [2.45, 2.75) is 27.2 Å². The molecule has 2 bridgehead atoms. The normalized spacial score (nSPS) is 28.1. The van der Waals surface area contributed by atoms with Crippen LogP contribution in [0.4, 0.5) is 0 Å². The molecule has 4 atom stereocenters. The Morgan fingerprint density at radius 2 is 1.86 bits per heavy atom. The highest BCUT2D eigenvalue weighted by Gasteiger charge is 2.58. The van der Waals surface area contributed by atoms with Gasteiger partial charge in [0.15, 0.2) is 5.96 Å². The monoisotopic (exact) mass is 504 g/mol. The molecule has 2 fully saturated rings. The van der Waals surface area contributed by atoms with Gasteiger partial charge in [-0.15, -0.1) is 24.0 Å². The third kappa shape index (κ3) is 5.06. The van der Waals surface area contributed by atoms with E-state index in [0.717, 1.165) is 19.6 Å². The fraction of sp³-hybridized carbons (Fsp3) is 0.750. The van der Waals surface area contributed by atoms with Crippen molar-refractivity contribution in [3.63, 3.8) is 0 Å². The van der Waals surface area contributed by atoms with Crippen molar-refractivity contribution in [1.82, 2.24) is 15.5 Å². The molecule has 1 heterocycles. The fourth-order valence-corrected chi connectivity index (χ4v) is 4.35. The second-order valence-electron chi connectivity index (χ2n) is 7.98. The van der Waals surface area contributed by atoms with Crippen LogP contribution in [0.1, 0.15) is 27.2 Å². The molecule has 1 aliphatic heterocycles. The number of allylic oxidation sites excluding steroid dienone is 2. The van der Waals surface area contributed by atoms with E-state index in [1.54, 1.807) is 0 Å². The summed E-state index contributed by atoms with van der Waals surface area (Å²) < 4.78 is 5.54. The minimum atomic E-state index is -0.118. The molecule has 28 heavy (non-hydrogen) atoms. The van der Waals surface area contributed by atoms with Gasteiger partial charge in [-0.3, -0.25) is 19.5 Å². The van der Waals surface area contributed by atoms with Crippen LogP contribution < -0.4 is 10.6 Å². The topological polar surface area (TPSA) is 83.0 Å². The van der Waals surface area contributed by atoms with Crippen LogP contribution in [0.25, 0.3) is 0 Å². The molecular weight excluding hydrogens is 471 g/mol. The van der Waals surface area contributed by atoms with E-state index in [4.69, 9.17) is 4.74 Å². The van der Waals surface area contributed by atoms with Gasteiger partial charge < -0.3 is 15.4 Å². The second kappa shape index (κ2) is 10.6. The number of guanidine groups is 1. The van der Waals surface area contributed by atoms with Crippen molar-refractivity contribution >= 4 is 41.8 Å². The molecule has 0 radical (unpaired) electrons. The molecule has 4 unspecified atom stereocenters. The highest BCUT2D eigenvalue weighted by molar-refractivity contribution is 14.0. The van der Waals surface area contributed by atoms with E-state index in [9.17, 15) is 9.59 Å². The van der Waals surface area contributed by atoms with Gasteiger partial charge in [-0.2, -0.15) is 0 Å². The first-order valence-corrected chi connectivity index (χ1v) is 10.2. The highest BCUT2D eigenvalue weighted by Crippen LogP contribution is 2.52. The maximum Gasteiger partial charge on any atom is 0.233 e. The standard InChI is InChI=1S/C20H32N4O3.HI/c1-4-21-20(23-8-10-27-12-13(2)3)22-7-9-24-18(25)16-14-5-6-15(11-14)17(16)19(24)26;/h5-6,13-17H,4,7-12H2,1-3H3,(H2,21,22,23);1H. The summed E-state index contributed by atoms with van der Waals surface area (Å²) >= 11 is 0. The van der Waals surface area contributed by atoms with Gasteiger partial charge in [-0.1, -0.05) is 26.0 Å². The summed E-state index contributed by atoms with van der Waals surface area (Å²) in [5.74, 6) is 1.51. The van der Waals surface area contributed by atoms with E-state index in [1.807, 2.05) is 6.92 Å². The first-order chi connectivity index (χ1) is 13.0. The number of nitrogens with zero attached hydrogens (tertiary/aromatic N) is 2. The highest BCUT2D eigenvalue weighted by atomic mass is 127. The lowest BCUT2D eigenvalue weighted by molar-refractivity contribution is -0.140. The Kier molecular flexibility index (Phi) is 8.73. The van der Waals surface area contributed by atoms with Crippen molar-refractivity contribution in [3.8, 4) is 0 Å². The van der Waals surface area contributed by atoms with Crippen molar-refractivity contribution in [1.29, 1.82) is 0 Å². The van der Waals surface area contributed by atoms with Gasteiger partial charge in [0.25, 0.3) is 0 Å². The molecule has 0 spiro atoms. The maximum atomic E-state index is 12.7.